The van der Waals surface area contributed by atoms with Crippen molar-refractivity contribution < 1.29 is 14.0 Å². The fourth-order valence-corrected chi connectivity index (χ4v) is 2.95. The lowest BCUT2D eigenvalue weighted by Crippen LogP contribution is -2.48. The van der Waals surface area contributed by atoms with Crippen LogP contribution in [0.25, 0.3) is 0 Å². The summed E-state index contributed by atoms with van der Waals surface area (Å²) in [5.41, 5.74) is 1.54. The van der Waals surface area contributed by atoms with E-state index in [9.17, 15) is 14.0 Å². The van der Waals surface area contributed by atoms with Gasteiger partial charge in [-0.2, -0.15) is 0 Å². The van der Waals surface area contributed by atoms with E-state index in [1.54, 1.807) is 24.3 Å². The van der Waals surface area contributed by atoms with Gasteiger partial charge in [0.25, 0.3) is 11.8 Å². The second kappa shape index (κ2) is 8.10. The number of carbonyl (C=O) groups is 2. The van der Waals surface area contributed by atoms with E-state index in [-0.39, 0.29) is 17.6 Å². The maximum absolute atomic E-state index is 12.9. The summed E-state index contributed by atoms with van der Waals surface area (Å²) >= 11 is 0. The molecule has 5 nitrogen and oxygen atoms in total. The van der Waals surface area contributed by atoms with Gasteiger partial charge in [-0.1, -0.05) is 6.92 Å². The maximum Gasteiger partial charge on any atom is 0.255 e. The number of rotatable bonds is 4. The fourth-order valence-electron chi connectivity index (χ4n) is 2.95. The van der Waals surface area contributed by atoms with Crippen molar-refractivity contribution in [2.75, 3.05) is 38.0 Å². The highest BCUT2D eigenvalue weighted by molar-refractivity contribution is 6.05. The molecule has 1 fully saturated rings. The van der Waals surface area contributed by atoms with E-state index in [0.717, 1.165) is 32.7 Å². The van der Waals surface area contributed by atoms with E-state index in [1.165, 1.54) is 24.3 Å². The summed E-state index contributed by atoms with van der Waals surface area (Å²) in [6, 6.07) is 12.2. The SMILES string of the molecule is CCN1CCN(C(=O)c2ccc(C(=O)Nc3ccc(F)cc3)cc2)CC1. The van der Waals surface area contributed by atoms with Crippen molar-refractivity contribution in [1.29, 1.82) is 0 Å². The molecule has 3 rings (SSSR count). The van der Waals surface area contributed by atoms with Crippen LogP contribution in [0.5, 0.6) is 0 Å². The van der Waals surface area contributed by atoms with Crippen LogP contribution in [0.3, 0.4) is 0 Å². The Hall–Kier alpha value is -2.73. The summed E-state index contributed by atoms with van der Waals surface area (Å²) in [4.78, 5) is 29.0. The normalized spacial score (nSPS) is 14.9. The van der Waals surface area contributed by atoms with Crippen LogP contribution in [0.4, 0.5) is 10.1 Å². The largest absolute Gasteiger partial charge is 0.336 e. The Bertz CT molecular complexity index is 767. The smallest absolute Gasteiger partial charge is 0.255 e. The summed E-state index contributed by atoms with van der Waals surface area (Å²) in [5, 5.41) is 2.70. The minimum atomic E-state index is -0.356. The summed E-state index contributed by atoms with van der Waals surface area (Å²) in [6.45, 7) is 6.34. The number of hydrogen-bond acceptors (Lipinski definition) is 3. The molecule has 6 heteroatoms. The molecule has 2 aromatic rings. The molecule has 2 aromatic carbocycles. The third kappa shape index (κ3) is 4.26. The number of piperazine rings is 1. The Morgan fingerprint density at radius 3 is 2.08 bits per heavy atom. The van der Waals surface area contributed by atoms with Crippen molar-refractivity contribution >= 4 is 17.5 Å². The van der Waals surface area contributed by atoms with Crippen LogP contribution < -0.4 is 5.32 Å². The quantitative estimate of drug-likeness (QED) is 0.918. The van der Waals surface area contributed by atoms with Gasteiger partial charge in [0.15, 0.2) is 0 Å². The molecule has 1 N–H and O–H groups in total. The van der Waals surface area contributed by atoms with E-state index in [2.05, 4.69) is 17.1 Å². The van der Waals surface area contributed by atoms with Crippen molar-refractivity contribution in [3.63, 3.8) is 0 Å². The third-order valence-electron chi connectivity index (χ3n) is 4.60. The number of anilines is 1. The molecule has 0 unspecified atom stereocenters. The molecule has 1 aliphatic rings. The van der Waals surface area contributed by atoms with E-state index < -0.39 is 0 Å². The maximum atomic E-state index is 12.9. The van der Waals surface area contributed by atoms with Crippen LogP contribution in [0.2, 0.25) is 0 Å². The van der Waals surface area contributed by atoms with Gasteiger partial charge >= 0.3 is 0 Å². The van der Waals surface area contributed by atoms with Gasteiger partial charge in [-0.15, -0.1) is 0 Å². The Balaban J connectivity index is 1.61. The minimum absolute atomic E-state index is 0.00811. The van der Waals surface area contributed by atoms with Crippen molar-refractivity contribution in [3.8, 4) is 0 Å². The first-order valence-electron chi connectivity index (χ1n) is 8.75. The Labute approximate surface area is 152 Å². The highest BCUT2D eigenvalue weighted by atomic mass is 19.1. The summed E-state index contributed by atoms with van der Waals surface area (Å²) in [5.74, 6) is -0.663. The molecular weight excluding hydrogens is 333 g/mol. The van der Waals surface area contributed by atoms with Gasteiger partial charge in [-0.05, 0) is 55.1 Å². The average Bonchev–Trinajstić information content (AvgIpc) is 2.69. The molecule has 1 saturated heterocycles. The molecule has 2 amide bonds. The Morgan fingerprint density at radius 1 is 0.923 bits per heavy atom. The summed E-state index contributed by atoms with van der Waals surface area (Å²) in [7, 11) is 0. The molecule has 1 heterocycles. The van der Waals surface area contributed by atoms with E-state index in [0.29, 0.717) is 16.8 Å². The van der Waals surface area contributed by atoms with Gasteiger partial charge in [0.05, 0.1) is 0 Å². The number of benzene rings is 2. The lowest BCUT2D eigenvalue weighted by Gasteiger charge is -2.34. The van der Waals surface area contributed by atoms with Gasteiger partial charge in [-0.3, -0.25) is 9.59 Å². The molecule has 1 aliphatic heterocycles. The summed E-state index contributed by atoms with van der Waals surface area (Å²) < 4.78 is 12.9. The zero-order chi connectivity index (χ0) is 18.5. The van der Waals surface area contributed by atoms with Crippen LogP contribution in [0, 0.1) is 5.82 Å². The molecule has 0 aromatic heterocycles. The molecule has 0 aliphatic carbocycles. The lowest BCUT2D eigenvalue weighted by molar-refractivity contribution is 0.0643. The first kappa shape index (κ1) is 18.1. The van der Waals surface area contributed by atoms with Crippen molar-refractivity contribution in [2.24, 2.45) is 0 Å². The number of nitrogens with one attached hydrogen (secondary N) is 1. The van der Waals surface area contributed by atoms with Crippen molar-refractivity contribution in [1.82, 2.24) is 9.80 Å². The van der Waals surface area contributed by atoms with Crippen LogP contribution in [0.15, 0.2) is 48.5 Å². The summed E-state index contributed by atoms with van der Waals surface area (Å²) in [6.07, 6.45) is 0. The molecule has 0 radical (unpaired) electrons. The van der Waals surface area contributed by atoms with Crippen LogP contribution in [-0.4, -0.2) is 54.3 Å². The van der Waals surface area contributed by atoms with Gasteiger partial charge in [0, 0.05) is 43.0 Å². The second-order valence-corrected chi connectivity index (χ2v) is 6.26. The highest BCUT2D eigenvalue weighted by Crippen LogP contribution is 2.13. The highest BCUT2D eigenvalue weighted by Gasteiger charge is 2.21. The second-order valence-electron chi connectivity index (χ2n) is 6.26. The van der Waals surface area contributed by atoms with Crippen molar-refractivity contribution in [3.05, 3.63) is 65.5 Å². The first-order chi connectivity index (χ1) is 12.6. The zero-order valence-corrected chi connectivity index (χ0v) is 14.7. The fraction of sp³-hybridized carbons (Fsp3) is 0.300. The molecule has 0 bridgehead atoms. The average molecular weight is 355 g/mol. The lowest BCUT2D eigenvalue weighted by atomic mass is 10.1. The molecule has 26 heavy (non-hydrogen) atoms. The Kier molecular flexibility index (Phi) is 5.63. The topological polar surface area (TPSA) is 52.7 Å². The molecule has 0 atom stereocenters. The molecule has 0 spiro atoms. The standard InChI is InChI=1S/C20H22FN3O2/c1-2-23-11-13-24(14-12-23)20(26)16-5-3-15(4-6-16)19(25)22-18-9-7-17(21)8-10-18/h3-10H,2,11-14H2,1H3,(H,22,25). The van der Waals surface area contributed by atoms with Gasteiger partial charge < -0.3 is 15.1 Å². The number of carbonyl (C=O) groups excluding carboxylic acids is 2. The number of amides is 2. The van der Waals surface area contributed by atoms with E-state index in [4.69, 9.17) is 0 Å². The van der Waals surface area contributed by atoms with E-state index >= 15 is 0 Å². The monoisotopic (exact) mass is 355 g/mol. The zero-order valence-electron chi connectivity index (χ0n) is 14.7. The number of nitrogens with zero attached hydrogens (tertiary/aromatic N) is 2. The van der Waals surface area contributed by atoms with Crippen LogP contribution >= 0.6 is 0 Å². The number of hydrogen-bond donors (Lipinski definition) is 1. The van der Waals surface area contributed by atoms with Crippen LogP contribution in [0.1, 0.15) is 27.6 Å². The van der Waals surface area contributed by atoms with Gasteiger partial charge in [-0.25, -0.2) is 4.39 Å². The van der Waals surface area contributed by atoms with Crippen LogP contribution in [-0.2, 0) is 0 Å². The Morgan fingerprint density at radius 2 is 1.50 bits per heavy atom. The third-order valence-corrected chi connectivity index (χ3v) is 4.60. The first-order valence-corrected chi connectivity index (χ1v) is 8.75. The molecule has 0 saturated carbocycles. The molecular formula is C20H22FN3O2. The van der Waals surface area contributed by atoms with Gasteiger partial charge in [0.1, 0.15) is 5.82 Å². The van der Waals surface area contributed by atoms with E-state index in [1.807, 2.05) is 4.90 Å². The number of likely N-dealkylation sites (N-methyl/N-ethyl adjacent to an activating group) is 1. The molecule has 136 valence electrons. The predicted molar refractivity (Wildman–Crippen MR) is 98.8 cm³/mol. The minimum Gasteiger partial charge on any atom is -0.336 e. The predicted octanol–water partition coefficient (Wildman–Crippen LogP) is 2.86. The number of halogens is 1. The van der Waals surface area contributed by atoms with Gasteiger partial charge in [0.2, 0.25) is 0 Å². The van der Waals surface area contributed by atoms with Crippen molar-refractivity contribution in [2.45, 2.75) is 6.92 Å².